The number of esters is 2. The van der Waals surface area contributed by atoms with Gasteiger partial charge in [0.15, 0.2) is 0 Å². The molecule has 12 nitrogen and oxygen atoms in total. The summed E-state index contributed by atoms with van der Waals surface area (Å²) in [4.78, 5) is 22.4. The van der Waals surface area contributed by atoms with Crippen molar-refractivity contribution in [1.29, 1.82) is 0 Å². The van der Waals surface area contributed by atoms with Gasteiger partial charge in [0.2, 0.25) is 0 Å². The maximum absolute atomic E-state index is 11.2. The minimum absolute atomic E-state index is 0.146. The molecule has 226 valence electrons. The standard InChI is InChI=1S/C31H33N3O9/c1-20(35)39-17-22-6-10-25(11-7-22)42-31(43-26-12-8-23(9-13-26)18-40-21(2)36)30-28(37-4)14-27(15-29(30)38-5)41-19-24-16-34(3)33-32-24/h6-16,31H,17-19H2,1-5H3. The number of rotatable bonds is 14. The average molecular weight is 592 g/mol. The molecule has 0 fully saturated rings. The lowest BCUT2D eigenvalue weighted by Crippen LogP contribution is -2.17. The second-order valence-corrected chi connectivity index (χ2v) is 9.33. The van der Waals surface area contributed by atoms with Crippen LogP contribution in [0.3, 0.4) is 0 Å². The van der Waals surface area contributed by atoms with E-state index in [9.17, 15) is 9.59 Å². The van der Waals surface area contributed by atoms with E-state index in [1.807, 2.05) is 0 Å². The number of aryl methyl sites for hydroxylation is 1. The molecule has 0 spiro atoms. The van der Waals surface area contributed by atoms with E-state index in [1.54, 1.807) is 78.6 Å². The van der Waals surface area contributed by atoms with Crippen molar-refractivity contribution >= 4 is 11.9 Å². The molecule has 4 aromatic rings. The summed E-state index contributed by atoms with van der Waals surface area (Å²) in [5, 5.41) is 7.96. The van der Waals surface area contributed by atoms with E-state index in [0.717, 1.165) is 11.1 Å². The minimum Gasteiger partial charge on any atom is -0.496 e. The van der Waals surface area contributed by atoms with Crippen molar-refractivity contribution in [1.82, 2.24) is 15.0 Å². The molecule has 0 unspecified atom stereocenters. The van der Waals surface area contributed by atoms with E-state index < -0.39 is 6.29 Å². The Kier molecular flexibility index (Phi) is 10.4. The number of hydrogen-bond donors (Lipinski definition) is 0. The SMILES string of the molecule is COc1cc(OCc2cn(C)nn2)cc(OC)c1C(Oc1ccc(COC(C)=O)cc1)Oc1ccc(COC(C)=O)cc1. The topological polar surface area (TPSA) is 129 Å². The molecule has 0 saturated heterocycles. The first-order chi connectivity index (χ1) is 20.7. The first kappa shape index (κ1) is 30.7. The molecular formula is C31H33N3O9. The zero-order valence-corrected chi connectivity index (χ0v) is 24.6. The molecule has 12 heteroatoms. The summed E-state index contributed by atoms with van der Waals surface area (Å²) in [6.45, 7) is 3.19. The van der Waals surface area contributed by atoms with Gasteiger partial charge < -0.3 is 33.2 Å². The smallest absolute Gasteiger partial charge is 0.302 e. The molecule has 1 heterocycles. The van der Waals surface area contributed by atoms with Crippen LogP contribution in [-0.2, 0) is 45.9 Å². The lowest BCUT2D eigenvalue weighted by Gasteiger charge is -2.25. The number of carbonyl (C=O) groups excluding carboxylic acids is 2. The molecule has 0 saturated carbocycles. The zero-order valence-electron chi connectivity index (χ0n) is 24.6. The largest absolute Gasteiger partial charge is 0.496 e. The Morgan fingerprint density at radius 3 is 1.63 bits per heavy atom. The number of hydrogen-bond acceptors (Lipinski definition) is 11. The van der Waals surface area contributed by atoms with E-state index in [2.05, 4.69) is 10.3 Å². The minimum atomic E-state index is -1.03. The highest BCUT2D eigenvalue weighted by molar-refractivity contribution is 5.66. The lowest BCUT2D eigenvalue weighted by molar-refractivity contribution is -0.143. The van der Waals surface area contributed by atoms with Gasteiger partial charge in [-0.05, 0) is 35.4 Å². The van der Waals surface area contributed by atoms with E-state index in [-0.39, 0.29) is 31.8 Å². The van der Waals surface area contributed by atoms with Gasteiger partial charge in [-0.15, -0.1) is 5.10 Å². The van der Waals surface area contributed by atoms with Gasteiger partial charge in [-0.3, -0.25) is 14.3 Å². The monoisotopic (exact) mass is 591 g/mol. The van der Waals surface area contributed by atoms with E-state index in [1.165, 1.54) is 28.1 Å². The molecule has 3 aromatic carbocycles. The van der Waals surface area contributed by atoms with Crippen LogP contribution < -0.4 is 23.7 Å². The predicted molar refractivity (Wildman–Crippen MR) is 153 cm³/mol. The number of ether oxygens (including phenoxy) is 7. The van der Waals surface area contributed by atoms with Gasteiger partial charge in [0.25, 0.3) is 6.29 Å². The highest BCUT2D eigenvalue weighted by Crippen LogP contribution is 2.41. The highest BCUT2D eigenvalue weighted by Gasteiger charge is 2.27. The fourth-order valence-electron chi connectivity index (χ4n) is 3.94. The Morgan fingerprint density at radius 2 is 1.23 bits per heavy atom. The van der Waals surface area contributed by atoms with Crippen LogP contribution in [0.5, 0.6) is 28.7 Å². The van der Waals surface area contributed by atoms with Crippen molar-refractivity contribution < 1.29 is 42.7 Å². The fourth-order valence-corrected chi connectivity index (χ4v) is 3.94. The van der Waals surface area contributed by atoms with Crippen molar-refractivity contribution in [3.8, 4) is 28.7 Å². The first-order valence-electron chi connectivity index (χ1n) is 13.3. The molecule has 0 radical (unpaired) electrons. The van der Waals surface area contributed by atoms with Crippen LogP contribution in [0.4, 0.5) is 0 Å². The summed E-state index contributed by atoms with van der Waals surface area (Å²) >= 11 is 0. The van der Waals surface area contributed by atoms with Crippen LogP contribution in [-0.4, -0.2) is 41.2 Å². The molecule has 43 heavy (non-hydrogen) atoms. The van der Waals surface area contributed by atoms with Gasteiger partial charge >= 0.3 is 11.9 Å². The Balaban J connectivity index is 1.63. The number of nitrogens with zero attached hydrogens (tertiary/aromatic N) is 3. The van der Waals surface area contributed by atoms with Crippen molar-refractivity contribution in [3.63, 3.8) is 0 Å². The van der Waals surface area contributed by atoms with Crippen molar-refractivity contribution in [2.45, 2.75) is 40.0 Å². The number of methoxy groups -OCH3 is 2. The number of benzene rings is 3. The molecule has 4 rings (SSSR count). The highest BCUT2D eigenvalue weighted by atomic mass is 16.7. The maximum Gasteiger partial charge on any atom is 0.302 e. The van der Waals surface area contributed by atoms with E-state index in [0.29, 0.717) is 40.0 Å². The summed E-state index contributed by atoms with van der Waals surface area (Å²) < 4.78 is 41.8. The third-order valence-electron chi connectivity index (χ3n) is 6.01. The van der Waals surface area contributed by atoms with Gasteiger partial charge in [-0.25, -0.2) is 0 Å². The quantitative estimate of drug-likeness (QED) is 0.150. The fraction of sp³-hybridized carbons (Fsp3) is 0.290. The molecule has 0 N–H and O–H groups in total. The van der Waals surface area contributed by atoms with Crippen LogP contribution >= 0.6 is 0 Å². The molecule has 0 aliphatic heterocycles. The molecular weight excluding hydrogens is 558 g/mol. The molecule has 0 atom stereocenters. The molecule has 1 aromatic heterocycles. The Labute approximate surface area is 249 Å². The summed E-state index contributed by atoms with van der Waals surface area (Å²) in [6, 6.07) is 17.5. The van der Waals surface area contributed by atoms with Crippen LogP contribution in [0.15, 0.2) is 66.9 Å². The molecule has 0 bridgehead atoms. The Morgan fingerprint density at radius 1 is 0.744 bits per heavy atom. The number of carbonyl (C=O) groups is 2. The second-order valence-electron chi connectivity index (χ2n) is 9.33. The van der Waals surface area contributed by atoms with Gasteiger partial charge in [-0.1, -0.05) is 29.5 Å². The van der Waals surface area contributed by atoms with Crippen molar-refractivity contribution in [3.05, 3.63) is 89.2 Å². The van der Waals surface area contributed by atoms with E-state index in [4.69, 9.17) is 33.2 Å². The molecule has 0 aliphatic carbocycles. The van der Waals surface area contributed by atoms with Gasteiger partial charge in [0.05, 0.1) is 20.4 Å². The van der Waals surface area contributed by atoms with Crippen molar-refractivity contribution in [2.75, 3.05) is 14.2 Å². The number of aromatic nitrogens is 3. The van der Waals surface area contributed by atoms with Crippen LogP contribution in [0.25, 0.3) is 0 Å². The predicted octanol–water partition coefficient (Wildman–Crippen LogP) is 4.69. The first-order valence-corrected chi connectivity index (χ1v) is 13.3. The van der Waals surface area contributed by atoms with E-state index >= 15 is 0 Å². The maximum atomic E-state index is 11.2. The zero-order chi connectivity index (χ0) is 30.8. The lowest BCUT2D eigenvalue weighted by atomic mass is 10.1. The van der Waals surface area contributed by atoms with Crippen LogP contribution in [0.2, 0.25) is 0 Å². The average Bonchev–Trinajstić information content (AvgIpc) is 3.43. The van der Waals surface area contributed by atoms with Gasteiger partial charge in [0, 0.05) is 33.0 Å². The Bertz CT molecular complexity index is 1430. The summed E-state index contributed by atoms with van der Waals surface area (Å²) in [6.07, 6.45) is 0.729. The molecule has 0 aliphatic rings. The summed E-state index contributed by atoms with van der Waals surface area (Å²) in [5.74, 6) is 1.51. The summed E-state index contributed by atoms with van der Waals surface area (Å²) in [5.41, 5.74) is 2.72. The Hall–Kier alpha value is -5.26. The third kappa shape index (κ3) is 8.86. The molecule has 0 amide bonds. The van der Waals surface area contributed by atoms with Crippen LogP contribution in [0.1, 0.15) is 42.5 Å². The second kappa shape index (κ2) is 14.6. The van der Waals surface area contributed by atoms with Crippen molar-refractivity contribution in [2.24, 2.45) is 7.05 Å². The van der Waals surface area contributed by atoms with Crippen LogP contribution in [0, 0.1) is 0 Å². The third-order valence-corrected chi connectivity index (χ3v) is 6.01. The van der Waals surface area contributed by atoms with Gasteiger partial charge in [-0.2, -0.15) is 0 Å². The van der Waals surface area contributed by atoms with Gasteiger partial charge in [0.1, 0.15) is 59.8 Å². The normalized spacial score (nSPS) is 10.7. The summed E-state index contributed by atoms with van der Waals surface area (Å²) in [7, 11) is 4.82.